The van der Waals surface area contributed by atoms with Crippen molar-refractivity contribution in [1.82, 2.24) is 0 Å². The van der Waals surface area contributed by atoms with Crippen molar-refractivity contribution in [1.29, 1.82) is 0 Å². The highest BCUT2D eigenvalue weighted by Crippen LogP contribution is 2.04. The molecule has 0 aliphatic carbocycles. The summed E-state index contributed by atoms with van der Waals surface area (Å²) in [6, 6.07) is 0. The van der Waals surface area contributed by atoms with Crippen LogP contribution in [0.1, 0.15) is 66.2 Å². The lowest BCUT2D eigenvalue weighted by molar-refractivity contribution is -0.111. The molecule has 96 valence electrons. The first-order chi connectivity index (χ1) is 7.58. The van der Waals surface area contributed by atoms with Gasteiger partial charge in [-0.25, -0.2) is 0 Å². The van der Waals surface area contributed by atoms with E-state index in [1.54, 1.807) is 0 Å². The third-order valence-electron chi connectivity index (χ3n) is 2.35. The highest BCUT2D eigenvalue weighted by molar-refractivity contribution is 5.52. The van der Waals surface area contributed by atoms with Crippen LogP contribution in [0.4, 0.5) is 0 Å². The molecule has 0 saturated carbocycles. The Morgan fingerprint density at radius 2 is 1.62 bits per heavy atom. The number of hydrogen-bond acceptors (Lipinski definition) is 2. The van der Waals surface area contributed by atoms with Gasteiger partial charge in [-0.3, -0.25) is 0 Å². The molecule has 0 N–H and O–H groups in total. The molecule has 0 aromatic heterocycles. The molecular formula is C14H28O2. The van der Waals surface area contributed by atoms with Crippen LogP contribution in [0.15, 0.2) is 0 Å². The molecule has 2 heteroatoms. The first-order valence-corrected chi connectivity index (χ1v) is 6.47. The Morgan fingerprint density at radius 3 is 2.00 bits per heavy atom. The largest absolute Gasteiger partial charge is 0.303 e. The third kappa shape index (κ3) is 19.0. The van der Waals surface area contributed by atoms with Gasteiger partial charge >= 0.3 is 0 Å². The van der Waals surface area contributed by atoms with Crippen LogP contribution in [0.5, 0.6) is 0 Å². The molecule has 1 unspecified atom stereocenters. The summed E-state index contributed by atoms with van der Waals surface area (Å²) in [6.45, 7) is 8.44. The fourth-order valence-corrected chi connectivity index (χ4v) is 1.20. The first kappa shape index (κ1) is 17.7. The third-order valence-corrected chi connectivity index (χ3v) is 2.35. The highest BCUT2D eigenvalue weighted by atomic mass is 16.1. The molecule has 0 aromatic carbocycles. The van der Waals surface area contributed by atoms with Gasteiger partial charge < -0.3 is 9.59 Å². The van der Waals surface area contributed by atoms with Gasteiger partial charge in [0.2, 0.25) is 0 Å². The van der Waals surface area contributed by atoms with Gasteiger partial charge in [0, 0.05) is 12.3 Å². The van der Waals surface area contributed by atoms with E-state index in [2.05, 4.69) is 20.8 Å². The maximum absolute atomic E-state index is 10.0. The summed E-state index contributed by atoms with van der Waals surface area (Å²) in [6.07, 6.45) is 8.41. The van der Waals surface area contributed by atoms with Crippen LogP contribution < -0.4 is 0 Å². The minimum Gasteiger partial charge on any atom is -0.303 e. The Kier molecular flexibility index (Phi) is 15.9. The second kappa shape index (κ2) is 14.3. The van der Waals surface area contributed by atoms with Crippen LogP contribution in [-0.4, -0.2) is 12.6 Å². The van der Waals surface area contributed by atoms with E-state index in [-0.39, 0.29) is 5.92 Å². The minimum absolute atomic E-state index is 0.273. The van der Waals surface area contributed by atoms with Gasteiger partial charge in [0.05, 0.1) is 0 Å². The van der Waals surface area contributed by atoms with Gasteiger partial charge in [0.15, 0.2) is 0 Å². The number of carbonyl (C=O) groups excluding carboxylic acids is 2. The van der Waals surface area contributed by atoms with Gasteiger partial charge in [-0.05, 0) is 18.8 Å². The van der Waals surface area contributed by atoms with Crippen LogP contribution in [-0.2, 0) is 9.59 Å². The monoisotopic (exact) mass is 228 g/mol. The van der Waals surface area contributed by atoms with E-state index in [1.165, 1.54) is 19.3 Å². The zero-order chi connectivity index (χ0) is 12.8. The molecule has 0 saturated heterocycles. The maximum Gasteiger partial charge on any atom is 0.122 e. The molecule has 0 rings (SSSR count). The molecule has 0 heterocycles. The molecule has 0 aliphatic rings. The average molecular weight is 228 g/mol. The van der Waals surface area contributed by atoms with Crippen LogP contribution in [0.25, 0.3) is 0 Å². The molecular weight excluding hydrogens is 200 g/mol. The fourth-order valence-electron chi connectivity index (χ4n) is 1.20. The Morgan fingerprint density at radius 1 is 1.00 bits per heavy atom. The van der Waals surface area contributed by atoms with Crippen molar-refractivity contribution in [2.24, 2.45) is 11.8 Å². The van der Waals surface area contributed by atoms with Gasteiger partial charge in [0.1, 0.15) is 12.6 Å². The molecule has 1 atom stereocenters. The number of carbonyl (C=O) groups is 2. The number of rotatable bonds is 8. The topological polar surface area (TPSA) is 34.1 Å². The SMILES string of the molecule is CC(C)CCCC=O.CCCCC(C)C=O. The summed E-state index contributed by atoms with van der Waals surface area (Å²) < 4.78 is 0. The molecule has 16 heavy (non-hydrogen) atoms. The van der Waals surface area contributed by atoms with Crippen molar-refractivity contribution in [2.45, 2.75) is 66.2 Å². The Bertz CT molecular complexity index is 153. The molecule has 0 amide bonds. The van der Waals surface area contributed by atoms with E-state index in [0.717, 1.165) is 37.8 Å². The van der Waals surface area contributed by atoms with Gasteiger partial charge in [-0.15, -0.1) is 0 Å². The molecule has 0 spiro atoms. The summed E-state index contributed by atoms with van der Waals surface area (Å²) in [5, 5.41) is 0. The van der Waals surface area contributed by atoms with Crippen molar-refractivity contribution in [3.05, 3.63) is 0 Å². The van der Waals surface area contributed by atoms with Gasteiger partial charge in [-0.2, -0.15) is 0 Å². The van der Waals surface area contributed by atoms with Crippen molar-refractivity contribution in [2.75, 3.05) is 0 Å². The summed E-state index contributed by atoms with van der Waals surface area (Å²) in [4.78, 5) is 19.8. The average Bonchev–Trinajstić information content (AvgIpc) is 2.26. The lowest BCUT2D eigenvalue weighted by atomic mass is 10.1. The number of hydrogen-bond donors (Lipinski definition) is 0. The summed E-state index contributed by atoms with van der Waals surface area (Å²) in [5.41, 5.74) is 0. The predicted molar refractivity (Wildman–Crippen MR) is 69.5 cm³/mol. The van der Waals surface area contributed by atoms with Crippen molar-refractivity contribution in [3.63, 3.8) is 0 Å². The van der Waals surface area contributed by atoms with E-state index in [1.807, 2.05) is 6.92 Å². The quantitative estimate of drug-likeness (QED) is 0.464. The molecule has 0 bridgehead atoms. The Hall–Kier alpha value is -0.660. The van der Waals surface area contributed by atoms with Crippen molar-refractivity contribution in [3.8, 4) is 0 Å². The van der Waals surface area contributed by atoms with Gasteiger partial charge in [0.25, 0.3) is 0 Å². The van der Waals surface area contributed by atoms with Crippen LogP contribution >= 0.6 is 0 Å². The minimum atomic E-state index is 0.273. The maximum atomic E-state index is 10.0. The van der Waals surface area contributed by atoms with E-state index in [0.29, 0.717) is 0 Å². The molecule has 2 nitrogen and oxygen atoms in total. The molecule has 0 fully saturated rings. The van der Waals surface area contributed by atoms with Crippen molar-refractivity contribution >= 4 is 12.6 Å². The van der Waals surface area contributed by atoms with Crippen LogP contribution in [0.2, 0.25) is 0 Å². The summed E-state index contributed by atoms with van der Waals surface area (Å²) in [5.74, 6) is 1.02. The molecule has 0 radical (unpaired) electrons. The lowest BCUT2D eigenvalue weighted by Gasteiger charge is -1.98. The van der Waals surface area contributed by atoms with E-state index >= 15 is 0 Å². The van der Waals surface area contributed by atoms with Crippen molar-refractivity contribution < 1.29 is 9.59 Å². The predicted octanol–water partition coefficient (Wildman–Crippen LogP) is 4.02. The smallest absolute Gasteiger partial charge is 0.122 e. The number of aldehydes is 2. The van der Waals surface area contributed by atoms with Crippen LogP contribution in [0.3, 0.4) is 0 Å². The zero-order valence-electron chi connectivity index (χ0n) is 11.4. The number of unbranched alkanes of at least 4 members (excludes halogenated alkanes) is 2. The highest BCUT2D eigenvalue weighted by Gasteiger charge is 1.95. The lowest BCUT2D eigenvalue weighted by Crippen LogP contribution is -1.93. The Labute approximate surface area is 101 Å². The van der Waals surface area contributed by atoms with E-state index in [9.17, 15) is 9.59 Å². The Balaban J connectivity index is 0. The normalized spacial score (nSPS) is 11.6. The second-order valence-corrected chi connectivity index (χ2v) is 4.75. The second-order valence-electron chi connectivity index (χ2n) is 4.75. The standard InChI is InChI=1S/2C7H14O/c1-7(2)5-3-4-6-8;1-3-4-5-7(2)6-8/h2*6-7H,3-5H2,1-2H3. The van der Waals surface area contributed by atoms with Gasteiger partial charge in [-0.1, -0.05) is 47.0 Å². The molecule has 0 aliphatic heterocycles. The van der Waals surface area contributed by atoms with E-state index < -0.39 is 0 Å². The fraction of sp³-hybridized carbons (Fsp3) is 0.857. The summed E-state index contributed by atoms with van der Waals surface area (Å²) in [7, 11) is 0. The first-order valence-electron chi connectivity index (χ1n) is 6.47. The summed E-state index contributed by atoms with van der Waals surface area (Å²) >= 11 is 0. The molecule has 0 aromatic rings. The zero-order valence-corrected chi connectivity index (χ0v) is 11.4. The van der Waals surface area contributed by atoms with E-state index in [4.69, 9.17) is 0 Å². The van der Waals surface area contributed by atoms with Crippen LogP contribution in [0, 0.1) is 11.8 Å².